The Kier molecular flexibility index (Phi) is 63.0. The first kappa shape index (κ1) is 73.1. The second-order valence-corrected chi connectivity index (χ2v) is 23.1. The van der Waals surface area contributed by atoms with Gasteiger partial charge in [-0.25, -0.2) is 0 Å². The molecule has 0 saturated carbocycles. The number of esters is 1. The Hall–Kier alpha value is -1.92. The highest BCUT2D eigenvalue weighted by Crippen LogP contribution is 2.18. The molecule has 0 aromatic carbocycles. The molecule has 0 bridgehead atoms. The lowest BCUT2D eigenvalue weighted by atomic mass is 10.0. The topological polar surface area (TPSA) is 95.9 Å². The molecular weight excluding hydrogens is 923 g/mol. The highest BCUT2D eigenvalue weighted by Gasteiger charge is 2.18. The molecule has 0 aromatic rings. The summed E-state index contributed by atoms with van der Waals surface area (Å²) >= 11 is 0. The molecule has 0 aliphatic carbocycles. The van der Waals surface area contributed by atoms with Crippen LogP contribution in [0.15, 0.2) is 36.5 Å². The van der Waals surface area contributed by atoms with E-state index in [2.05, 4.69) is 43.5 Å². The van der Waals surface area contributed by atoms with Crippen molar-refractivity contribution in [2.45, 2.75) is 379 Å². The van der Waals surface area contributed by atoms with Crippen molar-refractivity contribution in [3.05, 3.63) is 36.5 Å². The van der Waals surface area contributed by atoms with Crippen molar-refractivity contribution in [2.24, 2.45) is 0 Å². The van der Waals surface area contributed by atoms with Gasteiger partial charge in [0.1, 0.15) is 0 Å². The molecule has 0 rings (SSSR count). The van der Waals surface area contributed by atoms with Crippen molar-refractivity contribution in [3.8, 4) is 0 Å². The Bertz CT molecular complexity index is 1210. The molecule has 0 aliphatic heterocycles. The van der Waals surface area contributed by atoms with E-state index >= 15 is 0 Å². The van der Waals surface area contributed by atoms with E-state index in [1.54, 1.807) is 6.08 Å². The first-order chi connectivity index (χ1) is 37.0. The maximum atomic E-state index is 12.5. The van der Waals surface area contributed by atoms with E-state index in [9.17, 15) is 19.8 Å². The average Bonchev–Trinajstić information content (AvgIpc) is 3.41. The number of rotatable bonds is 63. The van der Waals surface area contributed by atoms with Crippen LogP contribution < -0.4 is 5.32 Å². The van der Waals surface area contributed by atoms with E-state index in [0.29, 0.717) is 19.4 Å². The molecule has 1 amide bonds. The molecule has 0 spiro atoms. The predicted molar refractivity (Wildman–Crippen MR) is 329 cm³/mol. The summed E-state index contributed by atoms with van der Waals surface area (Å²) in [6.45, 7) is 4.91. The van der Waals surface area contributed by atoms with Crippen molar-refractivity contribution in [2.75, 3.05) is 13.2 Å². The SMILES string of the molecule is CCCCCCC/C=C\CCCCCCCC(=O)OCCCCCCCCCCCCCC/C=C\CCCCCCCCCCCCCCCCCC(=O)NC(CO)C(O)/C=C/CCCCCCCCCCCCC. The number of hydrogen-bond donors (Lipinski definition) is 3. The molecule has 442 valence electrons. The minimum atomic E-state index is -0.842. The van der Waals surface area contributed by atoms with Gasteiger partial charge in [-0.1, -0.05) is 307 Å². The number of ether oxygens (including phenoxy) is 1. The monoisotopic (exact) mass is 1050 g/mol. The summed E-state index contributed by atoms with van der Waals surface area (Å²) in [4.78, 5) is 24.5. The van der Waals surface area contributed by atoms with Crippen LogP contribution in [0.1, 0.15) is 367 Å². The third-order valence-electron chi connectivity index (χ3n) is 15.6. The lowest BCUT2D eigenvalue weighted by Crippen LogP contribution is -2.45. The van der Waals surface area contributed by atoms with Gasteiger partial charge < -0.3 is 20.3 Å². The number of unbranched alkanes of at least 4 members (excludes halogenated alkanes) is 48. The quantitative estimate of drug-likeness (QED) is 0.0320. The molecule has 0 aliphatic rings. The Morgan fingerprint density at radius 3 is 0.947 bits per heavy atom. The van der Waals surface area contributed by atoms with Gasteiger partial charge in [-0.15, -0.1) is 0 Å². The van der Waals surface area contributed by atoms with E-state index in [1.807, 2.05) is 6.08 Å². The molecule has 75 heavy (non-hydrogen) atoms. The molecule has 2 unspecified atom stereocenters. The number of nitrogens with one attached hydrogen (secondary N) is 1. The Labute approximate surface area is 468 Å². The fourth-order valence-electron chi connectivity index (χ4n) is 10.4. The van der Waals surface area contributed by atoms with E-state index in [-0.39, 0.29) is 18.5 Å². The zero-order valence-corrected chi connectivity index (χ0v) is 50.5. The normalized spacial score (nSPS) is 12.7. The summed E-state index contributed by atoms with van der Waals surface area (Å²) in [5.74, 6) is -0.0560. The lowest BCUT2D eigenvalue weighted by molar-refractivity contribution is -0.143. The summed E-state index contributed by atoms with van der Waals surface area (Å²) in [5, 5.41) is 23.1. The van der Waals surface area contributed by atoms with Gasteiger partial charge in [0.25, 0.3) is 0 Å². The number of carbonyl (C=O) groups excluding carboxylic acids is 2. The summed E-state index contributed by atoms with van der Waals surface area (Å²) < 4.78 is 5.48. The van der Waals surface area contributed by atoms with Crippen molar-refractivity contribution in [1.82, 2.24) is 5.32 Å². The molecule has 3 N–H and O–H groups in total. The molecule has 0 heterocycles. The molecule has 0 aromatic heterocycles. The van der Waals surface area contributed by atoms with Gasteiger partial charge in [0.2, 0.25) is 5.91 Å². The lowest BCUT2D eigenvalue weighted by Gasteiger charge is -2.20. The second kappa shape index (κ2) is 64.6. The number of aliphatic hydroxyl groups is 2. The molecule has 0 radical (unpaired) electrons. The first-order valence-electron chi connectivity index (χ1n) is 33.8. The number of carbonyl (C=O) groups is 2. The fraction of sp³-hybridized carbons (Fsp3) is 0.884. The number of allylic oxidation sites excluding steroid dienone is 5. The zero-order chi connectivity index (χ0) is 54.3. The highest BCUT2D eigenvalue weighted by molar-refractivity contribution is 5.76. The van der Waals surface area contributed by atoms with Crippen LogP contribution in [0.2, 0.25) is 0 Å². The van der Waals surface area contributed by atoms with Crippen LogP contribution in [0.3, 0.4) is 0 Å². The molecule has 6 heteroatoms. The van der Waals surface area contributed by atoms with E-state index < -0.39 is 12.1 Å². The smallest absolute Gasteiger partial charge is 0.305 e. The van der Waals surface area contributed by atoms with Gasteiger partial charge in [0.15, 0.2) is 0 Å². The molecule has 0 fully saturated rings. The predicted octanol–water partition coefficient (Wildman–Crippen LogP) is 21.5. The summed E-state index contributed by atoms with van der Waals surface area (Å²) in [6, 6.07) is -0.625. The Morgan fingerprint density at radius 2 is 0.627 bits per heavy atom. The zero-order valence-electron chi connectivity index (χ0n) is 50.5. The van der Waals surface area contributed by atoms with Gasteiger partial charge in [-0.05, 0) is 83.5 Å². The maximum absolute atomic E-state index is 12.5. The number of aliphatic hydroxyl groups excluding tert-OH is 2. The summed E-state index contributed by atoms with van der Waals surface area (Å²) in [6.07, 6.45) is 82.2. The van der Waals surface area contributed by atoms with Crippen LogP contribution in [0.5, 0.6) is 0 Å². The van der Waals surface area contributed by atoms with Gasteiger partial charge in [0, 0.05) is 12.8 Å². The van der Waals surface area contributed by atoms with Crippen molar-refractivity contribution in [1.29, 1.82) is 0 Å². The molecule has 2 atom stereocenters. The minimum absolute atomic E-state index is 0.00894. The Balaban J connectivity index is 3.36. The standard InChI is InChI=1S/C69H131NO5/c1-3-5-7-9-11-13-15-17-39-43-47-51-55-59-63-69(74)75-64-60-56-52-48-44-40-36-34-32-30-28-26-24-22-20-18-19-21-23-25-27-29-31-33-35-38-42-46-50-54-58-62-68(73)70-66(65-71)67(72)61-57-53-49-45-41-37-16-14-12-10-8-6-4-2/h15,17,20,22,57,61,66-67,71-72H,3-14,16,18-19,21,23-56,58-60,62-65H2,1-2H3,(H,70,73)/b17-15-,22-20-,61-57+. The van der Waals surface area contributed by atoms with Gasteiger partial charge in [-0.3, -0.25) is 9.59 Å². The molecule has 6 nitrogen and oxygen atoms in total. The molecular formula is C69H131NO5. The summed E-state index contributed by atoms with van der Waals surface area (Å²) in [5.41, 5.74) is 0. The molecule has 0 saturated heterocycles. The largest absolute Gasteiger partial charge is 0.466 e. The third kappa shape index (κ3) is 61.2. The maximum Gasteiger partial charge on any atom is 0.305 e. The van der Waals surface area contributed by atoms with Crippen LogP contribution >= 0.6 is 0 Å². The number of hydrogen-bond acceptors (Lipinski definition) is 5. The van der Waals surface area contributed by atoms with Gasteiger partial charge in [0.05, 0.1) is 25.4 Å². The van der Waals surface area contributed by atoms with Crippen molar-refractivity contribution < 1.29 is 24.5 Å². The van der Waals surface area contributed by atoms with Crippen LogP contribution in [0.25, 0.3) is 0 Å². The van der Waals surface area contributed by atoms with Crippen LogP contribution in [-0.4, -0.2) is 47.4 Å². The van der Waals surface area contributed by atoms with Gasteiger partial charge >= 0.3 is 5.97 Å². The number of amides is 1. The minimum Gasteiger partial charge on any atom is -0.466 e. The van der Waals surface area contributed by atoms with Crippen molar-refractivity contribution >= 4 is 11.9 Å². The van der Waals surface area contributed by atoms with Gasteiger partial charge in [-0.2, -0.15) is 0 Å². The van der Waals surface area contributed by atoms with E-state index in [4.69, 9.17) is 4.74 Å². The average molecular weight is 1050 g/mol. The first-order valence-corrected chi connectivity index (χ1v) is 33.8. The second-order valence-electron chi connectivity index (χ2n) is 23.1. The van der Waals surface area contributed by atoms with Crippen molar-refractivity contribution in [3.63, 3.8) is 0 Å². The Morgan fingerprint density at radius 1 is 0.360 bits per heavy atom. The van der Waals surface area contributed by atoms with Crippen LogP contribution in [0, 0.1) is 0 Å². The fourth-order valence-corrected chi connectivity index (χ4v) is 10.4. The third-order valence-corrected chi connectivity index (χ3v) is 15.6. The van der Waals surface area contributed by atoms with E-state index in [1.165, 1.54) is 295 Å². The van der Waals surface area contributed by atoms with Crippen LogP contribution in [-0.2, 0) is 14.3 Å². The summed E-state index contributed by atoms with van der Waals surface area (Å²) in [7, 11) is 0. The highest BCUT2D eigenvalue weighted by atomic mass is 16.5. The van der Waals surface area contributed by atoms with Crippen LogP contribution in [0.4, 0.5) is 0 Å². The van der Waals surface area contributed by atoms with E-state index in [0.717, 1.165) is 44.9 Å².